The molecule has 20 heavy (non-hydrogen) atoms. The van der Waals surface area contributed by atoms with E-state index in [-0.39, 0.29) is 0 Å². The molecule has 0 spiro atoms. The number of hydrogen-bond acceptors (Lipinski definition) is 0. The topological polar surface area (TPSA) is 0 Å². The maximum Gasteiger partial charge on any atom is 0.0440 e. The van der Waals surface area contributed by atoms with Crippen LogP contribution in [0, 0.1) is 0 Å². The highest BCUT2D eigenvalue weighted by Crippen LogP contribution is 2.48. The molecule has 0 saturated carbocycles. The Kier molecular flexibility index (Phi) is 4.50. The molecule has 0 amide bonds. The number of hydrogen-bond donors (Lipinski definition) is 0. The van der Waals surface area contributed by atoms with Crippen LogP contribution in [-0.4, -0.2) is 4.83 Å². The van der Waals surface area contributed by atoms with Crippen LogP contribution in [0.3, 0.4) is 0 Å². The van der Waals surface area contributed by atoms with Gasteiger partial charge in [0.25, 0.3) is 0 Å². The van der Waals surface area contributed by atoms with E-state index in [1.807, 2.05) is 0 Å². The fourth-order valence-corrected chi connectivity index (χ4v) is 5.84. The van der Waals surface area contributed by atoms with Crippen molar-refractivity contribution in [3.05, 3.63) is 84.2 Å². The molecule has 3 rings (SSSR count). The summed E-state index contributed by atoms with van der Waals surface area (Å²) in [7, 11) is -0.445. The molecule has 100 valence electrons. The van der Waals surface area contributed by atoms with Crippen molar-refractivity contribution in [1.29, 1.82) is 0 Å². The molecular formula is C18H16BrP. The van der Waals surface area contributed by atoms with E-state index in [2.05, 4.69) is 94.8 Å². The van der Waals surface area contributed by atoms with Crippen molar-refractivity contribution in [3.8, 4) is 0 Å². The van der Waals surface area contributed by atoms with E-state index in [1.54, 1.807) is 0 Å². The van der Waals surface area contributed by atoms with Crippen molar-refractivity contribution >= 4 is 34.5 Å². The molecule has 1 aliphatic carbocycles. The van der Waals surface area contributed by atoms with E-state index in [0.29, 0.717) is 4.83 Å². The molecular weight excluding hydrogens is 327 g/mol. The minimum Gasteiger partial charge on any atom is -0.0835 e. The Morgan fingerprint density at radius 2 is 1.40 bits per heavy atom. The standard InChI is InChI=1S/C18H16BrP/c19-17-13-7-8-14-18(17)20(15-9-3-1-4-10-15)16-11-5-2-6-12-16/h1-12,14,17H,13H2. The van der Waals surface area contributed by atoms with Crippen LogP contribution in [0.2, 0.25) is 0 Å². The Morgan fingerprint density at radius 3 is 1.90 bits per heavy atom. The predicted octanol–water partition coefficient (Wildman–Crippen LogP) is 4.73. The number of rotatable bonds is 3. The summed E-state index contributed by atoms with van der Waals surface area (Å²) in [4.78, 5) is 0.444. The normalized spacial score (nSPS) is 18.1. The number of halogens is 1. The zero-order chi connectivity index (χ0) is 13.8. The first-order chi connectivity index (χ1) is 9.86. The lowest BCUT2D eigenvalue weighted by atomic mass is 10.2. The summed E-state index contributed by atoms with van der Waals surface area (Å²) in [5.74, 6) is 0. The van der Waals surface area contributed by atoms with Gasteiger partial charge in [-0.1, -0.05) is 94.8 Å². The molecule has 0 heterocycles. The van der Waals surface area contributed by atoms with E-state index < -0.39 is 7.92 Å². The molecule has 1 aliphatic rings. The highest BCUT2D eigenvalue weighted by molar-refractivity contribution is 9.09. The Hall–Kier alpha value is -1.17. The second kappa shape index (κ2) is 6.52. The van der Waals surface area contributed by atoms with Gasteiger partial charge < -0.3 is 0 Å². The van der Waals surface area contributed by atoms with Crippen LogP contribution in [-0.2, 0) is 0 Å². The van der Waals surface area contributed by atoms with Crippen molar-refractivity contribution < 1.29 is 0 Å². The summed E-state index contributed by atoms with van der Waals surface area (Å²) in [6.07, 6.45) is 7.78. The van der Waals surface area contributed by atoms with E-state index in [4.69, 9.17) is 0 Å². The van der Waals surface area contributed by atoms with Gasteiger partial charge in [-0.3, -0.25) is 0 Å². The second-order valence-electron chi connectivity index (χ2n) is 4.73. The SMILES string of the molecule is BrC1CC=CC=C1P(c1ccccc1)c1ccccc1. The van der Waals surface area contributed by atoms with Gasteiger partial charge in [0.2, 0.25) is 0 Å². The van der Waals surface area contributed by atoms with Gasteiger partial charge in [-0.05, 0) is 30.3 Å². The van der Waals surface area contributed by atoms with E-state index >= 15 is 0 Å². The zero-order valence-electron chi connectivity index (χ0n) is 11.1. The molecule has 1 atom stereocenters. The summed E-state index contributed by atoms with van der Waals surface area (Å²) in [6.45, 7) is 0. The lowest BCUT2D eigenvalue weighted by molar-refractivity contribution is 1.06. The minimum absolute atomic E-state index is 0.444. The highest BCUT2D eigenvalue weighted by Gasteiger charge is 2.24. The summed E-state index contributed by atoms with van der Waals surface area (Å²) < 4.78 is 0. The van der Waals surface area contributed by atoms with Gasteiger partial charge in [0, 0.05) is 4.83 Å². The molecule has 2 aromatic rings. The van der Waals surface area contributed by atoms with E-state index in [0.717, 1.165) is 6.42 Å². The summed E-state index contributed by atoms with van der Waals surface area (Å²) >= 11 is 3.85. The maximum absolute atomic E-state index is 3.85. The first kappa shape index (κ1) is 13.8. The van der Waals surface area contributed by atoms with Gasteiger partial charge in [-0.25, -0.2) is 0 Å². The van der Waals surface area contributed by atoms with Crippen molar-refractivity contribution in [2.75, 3.05) is 0 Å². The third-order valence-corrected chi connectivity index (χ3v) is 7.18. The first-order valence-corrected chi connectivity index (χ1v) is 9.03. The Morgan fingerprint density at radius 1 is 0.850 bits per heavy atom. The number of benzene rings is 2. The second-order valence-corrected chi connectivity index (χ2v) is 8.05. The molecule has 2 heteroatoms. The van der Waals surface area contributed by atoms with Gasteiger partial charge in [-0.2, -0.15) is 0 Å². The molecule has 0 bridgehead atoms. The Labute approximate surface area is 130 Å². The highest BCUT2D eigenvalue weighted by atomic mass is 79.9. The van der Waals surface area contributed by atoms with Crippen molar-refractivity contribution in [1.82, 2.24) is 0 Å². The Bertz CT molecular complexity index is 577. The van der Waals surface area contributed by atoms with Crippen LogP contribution in [0.15, 0.2) is 84.2 Å². The average molecular weight is 343 g/mol. The lowest BCUT2D eigenvalue weighted by Crippen LogP contribution is -2.17. The van der Waals surface area contributed by atoms with Gasteiger partial charge in [0.05, 0.1) is 0 Å². The van der Waals surface area contributed by atoms with E-state index in [9.17, 15) is 0 Å². The molecule has 0 N–H and O–H groups in total. The third-order valence-electron chi connectivity index (χ3n) is 3.35. The van der Waals surface area contributed by atoms with Gasteiger partial charge in [0.15, 0.2) is 0 Å². The smallest absolute Gasteiger partial charge is 0.0440 e. The van der Waals surface area contributed by atoms with Crippen molar-refractivity contribution in [2.45, 2.75) is 11.2 Å². The summed E-state index contributed by atoms with van der Waals surface area (Å²) in [5.41, 5.74) is 0. The van der Waals surface area contributed by atoms with Crippen LogP contribution in [0.4, 0.5) is 0 Å². The van der Waals surface area contributed by atoms with Gasteiger partial charge in [-0.15, -0.1) is 0 Å². The fourth-order valence-electron chi connectivity index (χ4n) is 2.41. The molecule has 0 aliphatic heterocycles. The molecule has 0 aromatic heterocycles. The molecule has 2 aromatic carbocycles. The monoisotopic (exact) mass is 342 g/mol. The van der Waals surface area contributed by atoms with Gasteiger partial charge >= 0.3 is 0 Å². The van der Waals surface area contributed by atoms with Gasteiger partial charge in [0.1, 0.15) is 0 Å². The fraction of sp³-hybridized carbons (Fsp3) is 0.111. The maximum atomic E-state index is 3.85. The zero-order valence-corrected chi connectivity index (χ0v) is 13.6. The summed E-state index contributed by atoms with van der Waals surface area (Å²) in [5, 5.41) is 4.33. The molecule has 0 nitrogen and oxygen atoms in total. The number of allylic oxidation sites excluding steroid dienone is 4. The Balaban J connectivity index is 2.09. The van der Waals surface area contributed by atoms with E-state index in [1.165, 1.54) is 15.9 Å². The molecule has 0 fully saturated rings. The van der Waals surface area contributed by atoms with Crippen LogP contribution in [0.1, 0.15) is 6.42 Å². The third kappa shape index (κ3) is 2.95. The van der Waals surface area contributed by atoms with Crippen molar-refractivity contribution in [3.63, 3.8) is 0 Å². The molecule has 0 radical (unpaired) electrons. The van der Waals surface area contributed by atoms with Crippen LogP contribution in [0.25, 0.3) is 0 Å². The first-order valence-electron chi connectivity index (χ1n) is 6.77. The van der Waals surface area contributed by atoms with Crippen LogP contribution >= 0.6 is 23.9 Å². The van der Waals surface area contributed by atoms with Crippen molar-refractivity contribution in [2.24, 2.45) is 0 Å². The van der Waals surface area contributed by atoms with Crippen LogP contribution < -0.4 is 10.6 Å². The number of alkyl halides is 1. The van der Waals surface area contributed by atoms with Crippen LogP contribution in [0.5, 0.6) is 0 Å². The predicted molar refractivity (Wildman–Crippen MR) is 93.6 cm³/mol. The quantitative estimate of drug-likeness (QED) is 0.559. The molecule has 0 saturated heterocycles. The largest absolute Gasteiger partial charge is 0.0835 e. The average Bonchev–Trinajstić information content (AvgIpc) is 2.52. The molecule has 1 unspecified atom stereocenters. The summed E-state index contributed by atoms with van der Waals surface area (Å²) in [6, 6.07) is 21.7. The minimum atomic E-state index is -0.445. The lowest BCUT2D eigenvalue weighted by Gasteiger charge is -2.26.